The minimum atomic E-state index is -1.28. The topological polar surface area (TPSA) is 186 Å². The number of nitrogens with zero attached hydrogens (tertiary/aromatic N) is 3. The van der Waals surface area contributed by atoms with E-state index >= 15 is 0 Å². The summed E-state index contributed by atoms with van der Waals surface area (Å²) in [7, 11) is 0. The quantitative estimate of drug-likeness (QED) is 0.328. The molecule has 1 amide bonds. The normalized spacial score (nSPS) is 12.0. The van der Waals surface area contributed by atoms with E-state index in [4.69, 9.17) is 21.7 Å². The Balaban J connectivity index is 1.64. The molecule has 3 aromatic heterocycles. The second kappa shape index (κ2) is 8.78. The minimum absolute atomic E-state index is 0.106. The summed E-state index contributed by atoms with van der Waals surface area (Å²) >= 11 is 1.24. The zero-order valence-corrected chi connectivity index (χ0v) is 16.6. The molecule has 3 heterocycles. The third kappa shape index (κ3) is 4.84. The van der Waals surface area contributed by atoms with Gasteiger partial charge in [-0.15, -0.1) is 11.3 Å². The van der Waals surface area contributed by atoms with Crippen molar-refractivity contribution in [3.05, 3.63) is 34.2 Å². The number of anilines is 2. The summed E-state index contributed by atoms with van der Waals surface area (Å²) in [6.45, 7) is 0.568. The van der Waals surface area contributed by atoms with Crippen LogP contribution >= 0.6 is 11.3 Å². The molecule has 3 aromatic rings. The number of thiophene rings is 1. The molecule has 0 aliphatic carbocycles. The molecule has 0 aromatic carbocycles. The molecule has 0 bridgehead atoms. The summed E-state index contributed by atoms with van der Waals surface area (Å²) in [6, 6.07) is 3.93. The first-order valence-corrected chi connectivity index (χ1v) is 9.78. The molecule has 1 atom stereocenters. The third-order valence-electron chi connectivity index (χ3n) is 4.39. The van der Waals surface area contributed by atoms with Crippen molar-refractivity contribution in [2.75, 3.05) is 11.5 Å². The fourth-order valence-electron chi connectivity index (χ4n) is 2.96. The first kappa shape index (κ1) is 21.0. The van der Waals surface area contributed by atoms with Crippen molar-refractivity contribution in [2.45, 2.75) is 31.8 Å². The molecule has 0 radical (unpaired) electrons. The van der Waals surface area contributed by atoms with Gasteiger partial charge >= 0.3 is 11.9 Å². The Hall–Kier alpha value is -3.67. The number of nitrogens with one attached hydrogen (secondary N) is 1. The number of fused-ring (bicyclic) bond motifs is 1. The van der Waals surface area contributed by atoms with Crippen molar-refractivity contribution in [1.29, 1.82) is 0 Å². The maximum absolute atomic E-state index is 12.3. The molecule has 7 N–H and O–H groups in total. The number of aliphatic carboxylic acids is 2. The van der Waals surface area contributed by atoms with Crippen molar-refractivity contribution >= 4 is 52.0 Å². The number of carbonyl (C=O) groups is 3. The second-order valence-corrected chi connectivity index (χ2v) is 7.69. The summed E-state index contributed by atoms with van der Waals surface area (Å²) in [5.41, 5.74) is 12.9. The fourth-order valence-corrected chi connectivity index (χ4v) is 3.86. The average Bonchev–Trinajstić information content (AvgIpc) is 3.29. The minimum Gasteiger partial charge on any atom is -0.481 e. The van der Waals surface area contributed by atoms with Gasteiger partial charge in [0.15, 0.2) is 5.82 Å². The summed E-state index contributed by atoms with van der Waals surface area (Å²) in [5.74, 6) is -2.56. The van der Waals surface area contributed by atoms with E-state index < -0.39 is 23.9 Å². The van der Waals surface area contributed by atoms with E-state index in [1.807, 2.05) is 10.8 Å². The van der Waals surface area contributed by atoms with Crippen molar-refractivity contribution in [1.82, 2.24) is 19.9 Å². The Morgan fingerprint density at radius 1 is 1.17 bits per heavy atom. The van der Waals surface area contributed by atoms with Crippen LogP contribution in [0.15, 0.2) is 24.4 Å². The SMILES string of the molecule is Nc1nc(N)c2c(ccn2CCc2ccc(C(=O)N[C@@H](CCC(=O)O)C(=O)O)s2)n1. The van der Waals surface area contributed by atoms with Gasteiger partial charge in [-0.05, 0) is 31.0 Å². The van der Waals surface area contributed by atoms with Gasteiger partial charge in [-0.1, -0.05) is 0 Å². The van der Waals surface area contributed by atoms with Crippen LogP contribution in [0.25, 0.3) is 11.0 Å². The zero-order valence-electron chi connectivity index (χ0n) is 15.7. The lowest BCUT2D eigenvalue weighted by Crippen LogP contribution is -2.40. The van der Waals surface area contributed by atoms with E-state index in [1.54, 1.807) is 18.2 Å². The first-order chi connectivity index (χ1) is 14.2. The molecule has 0 saturated heterocycles. The molecule has 0 aliphatic heterocycles. The highest BCUT2D eigenvalue weighted by atomic mass is 32.1. The van der Waals surface area contributed by atoms with E-state index in [9.17, 15) is 14.4 Å². The zero-order chi connectivity index (χ0) is 21.8. The molecule has 3 rings (SSSR count). The molecule has 0 spiro atoms. The number of carboxylic acids is 2. The van der Waals surface area contributed by atoms with Crippen LogP contribution in [-0.2, 0) is 22.6 Å². The molecule has 12 heteroatoms. The van der Waals surface area contributed by atoms with Gasteiger partial charge in [0, 0.05) is 24.0 Å². The highest BCUT2D eigenvalue weighted by molar-refractivity contribution is 7.14. The van der Waals surface area contributed by atoms with Crippen LogP contribution in [0.2, 0.25) is 0 Å². The monoisotopic (exact) mass is 432 g/mol. The van der Waals surface area contributed by atoms with Gasteiger partial charge in [-0.2, -0.15) is 4.98 Å². The van der Waals surface area contributed by atoms with E-state index in [-0.39, 0.29) is 24.6 Å². The molecule has 0 fully saturated rings. The van der Waals surface area contributed by atoms with E-state index in [0.717, 1.165) is 4.88 Å². The smallest absolute Gasteiger partial charge is 0.326 e. The predicted molar refractivity (Wildman–Crippen MR) is 110 cm³/mol. The fraction of sp³-hybridized carbons (Fsp3) is 0.278. The summed E-state index contributed by atoms with van der Waals surface area (Å²) in [6.07, 6.45) is 1.89. The largest absolute Gasteiger partial charge is 0.481 e. The van der Waals surface area contributed by atoms with Gasteiger partial charge in [0.05, 0.1) is 10.4 Å². The number of aryl methyl sites for hydroxylation is 2. The number of hydrogen-bond acceptors (Lipinski definition) is 8. The van der Waals surface area contributed by atoms with Gasteiger partial charge in [-0.25, -0.2) is 9.78 Å². The average molecular weight is 432 g/mol. The number of rotatable bonds is 9. The standard InChI is InChI=1S/C18H20N6O5S/c19-15-14-10(22-18(20)23-15)6-8-24(14)7-5-9-1-3-12(30-9)16(27)21-11(17(28)29)2-4-13(25)26/h1,3,6,8,11H,2,4-5,7H2,(H,21,27)(H,25,26)(H,28,29)(H4,19,20,22,23)/t11-/m0/s1. The van der Waals surface area contributed by atoms with Crippen LogP contribution in [0.3, 0.4) is 0 Å². The third-order valence-corrected chi connectivity index (χ3v) is 5.53. The maximum atomic E-state index is 12.3. The highest BCUT2D eigenvalue weighted by Crippen LogP contribution is 2.22. The molecule has 158 valence electrons. The number of aromatic nitrogens is 3. The Morgan fingerprint density at radius 3 is 2.63 bits per heavy atom. The number of carboxylic acid groups (broad SMARTS) is 2. The maximum Gasteiger partial charge on any atom is 0.326 e. The predicted octanol–water partition coefficient (Wildman–Crippen LogP) is 0.948. The molecule has 11 nitrogen and oxygen atoms in total. The molecule has 30 heavy (non-hydrogen) atoms. The molecule has 0 unspecified atom stereocenters. The van der Waals surface area contributed by atoms with Crippen molar-refractivity contribution < 1.29 is 24.6 Å². The van der Waals surface area contributed by atoms with Crippen LogP contribution in [0.5, 0.6) is 0 Å². The number of carbonyl (C=O) groups excluding carboxylic acids is 1. The van der Waals surface area contributed by atoms with E-state index in [0.29, 0.717) is 28.9 Å². The Kier molecular flexibility index (Phi) is 6.16. The van der Waals surface area contributed by atoms with Gasteiger partial charge < -0.3 is 31.6 Å². The van der Waals surface area contributed by atoms with Crippen molar-refractivity contribution in [3.63, 3.8) is 0 Å². The van der Waals surface area contributed by atoms with Crippen LogP contribution in [0, 0.1) is 0 Å². The van der Waals surface area contributed by atoms with E-state index in [1.165, 1.54) is 11.3 Å². The van der Waals surface area contributed by atoms with Gasteiger partial charge in [-0.3, -0.25) is 9.59 Å². The Labute approximate surface area is 174 Å². The lowest BCUT2D eigenvalue weighted by Gasteiger charge is -2.12. The van der Waals surface area contributed by atoms with Crippen LogP contribution in [0.1, 0.15) is 27.4 Å². The Morgan fingerprint density at radius 2 is 1.93 bits per heavy atom. The van der Waals surface area contributed by atoms with Crippen molar-refractivity contribution in [2.24, 2.45) is 0 Å². The van der Waals surface area contributed by atoms with E-state index in [2.05, 4.69) is 15.3 Å². The van der Waals surface area contributed by atoms with Crippen molar-refractivity contribution in [3.8, 4) is 0 Å². The highest BCUT2D eigenvalue weighted by Gasteiger charge is 2.22. The summed E-state index contributed by atoms with van der Waals surface area (Å²) < 4.78 is 1.90. The van der Waals surface area contributed by atoms with Gasteiger partial charge in [0.25, 0.3) is 5.91 Å². The molecule has 0 aliphatic rings. The van der Waals surface area contributed by atoms with Crippen LogP contribution < -0.4 is 16.8 Å². The number of nitrogens with two attached hydrogens (primary N) is 2. The molecule has 0 saturated carbocycles. The molecular formula is C18H20N6O5S. The number of amides is 1. The summed E-state index contributed by atoms with van der Waals surface area (Å²) in [5, 5.41) is 20.2. The van der Waals surface area contributed by atoms with Gasteiger partial charge in [0.2, 0.25) is 5.95 Å². The first-order valence-electron chi connectivity index (χ1n) is 8.96. The van der Waals surface area contributed by atoms with Crippen LogP contribution in [0.4, 0.5) is 11.8 Å². The number of nitrogen functional groups attached to an aromatic ring is 2. The second-order valence-electron chi connectivity index (χ2n) is 6.52. The Bertz CT molecular complexity index is 1110. The molecular weight excluding hydrogens is 412 g/mol. The lowest BCUT2D eigenvalue weighted by atomic mass is 10.1. The summed E-state index contributed by atoms with van der Waals surface area (Å²) in [4.78, 5) is 43.6. The lowest BCUT2D eigenvalue weighted by molar-refractivity contribution is -0.140. The number of hydrogen-bond donors (Lipinski definition) is 5. The van der Waals surface area contributed by atoms with Gasteiger partial charge in [0.1, 0.15) is 11.6 Å². The van der Waals surface area contributed by atoms with Crippen LogP contribution in [-0.4, -0.2) is 48.6 Å².